The Morgan fingerprint density at radius 3 is 2.44 bits per heavy atom. The van der Waals surface area contributed by atoms with Gasteiger partial charge in [-0.2, -0.15) is 0 Å². The molecular weight excluding hydrogens is 256 g/mol. The number of aliphatic carboxylic acids is 1. The zero-order valence-electron chi connectivity index (χ0n) is 8.21. The largest absolute Gasteiger partial charge is 0.479 e. The summed E-state index contributed by atoms with van der Waals surface area (Å²) in [5.41, 5.74) is -0.142. The van der Waals surface area contributed by atoms with Crippen LogP contribution in [0.25, 0.3) is 0 Å². The first kappa shape index (κ1) is 13.0. The molecule has 1 rings (SSSR count). The highest BCUT2D eigenvalue weighted by molar-refractivity contribution is 7.90. The summed E-state index contributed by atoms with van der Waals surface area (Å²) in [6, 6.07) is 3.53. The fourth-order valence-electron chi connectivity index (χ4n) is 1.10. The highest BCUT2D eigenvalue weighted by atomic mass is 35.5. The third-order valence-corrected chi connectivity index (χ3v) is 3.38. The summed E-state index contributed by atoms with van der Waals surface area (Å²) < 4.78 is 22.4. The lowest BCUT2D eigenvalue weighted by molar-refractivity contribution is -0.146. The Morgan fingerprint density at radius 1 is 1.44 bits per heavy atom. The molecule has 2 N–H and O–H groups in total. The monoisotopic (exact) mass is 264 g/mol. The third-order valence-electron chi connectivity index (χ3n) is 1.92. The Hall–Kier alpha value is -1.11. The van der Waals surface area contributed by atoms with Crippen molar-refractivity contribution in [3.05, 3.63) is 28.8 Å². The van der Waals surface area contributed by atoms with E-state index in [1.54, 1.807) is 0 Å². The van der Waals surface area contributed by atoms with E-state index in [4.69, 9.17) is 16.7 Å². The summed E-state index contributed by atoms with van der Waals surface area (Å²) in [5.74, 6) is -1.49. The second kappa shape index (κ2) is 4.40. The summed E-state index contributed by atoms with van der Waals surface area (Å²) in [5, 5.41) is 17.9. The predicted octanol–water partition coefficient (Wildman–Crippen LogP) is 0.862. The number of aliphatic hydroxyl groups is 1. The van der Waals surface area contributed by atoms with Crippen LogP contribution in [-0.2, 0) is 14.6 Å². The van der Waals surface area contributed by atoms with Gasteiger partial charge in [0.05, 0.1) is 4.90 Å². The number of rotatable bonds is 3. The predicted molar refractivity (Wildman–Crippen MR) is 57.2 cm³/mol. The van der Waals surface area contributed by atoms with Crippen LogP contribution in [-0.4, -0.2) is 30.9 Å². The molecular formula is C9H9ClO5S. The summed E-state index contributed by atoms with van der Waals surface area (Å²) in [7, 11) is -3.46. The maximum atomic E-state index is 11.2. The van der Waals surface area contributed by atoms with Crippen LogP contribution in [0.5, 0.6) is 0 Å². The molecule has 5 nitrogen and oxygen atoms in total. The lowest BCUT2D eigenvalue weighted by Gasteiger charge is -2.09. The number of carboxylic acids is 1. The van der Waals surface area contributed by atoms with Gasteiger partial charge in [0.1, 0.15) is 0 Å². The number of aliphatic hydroxyl groups excluding tert-OH is 1. The van der Waals surface area contributed by atoms with Crippen LogP contribution in [0.1, 0.15) is 11.7 Å². The molecule has 0 radical (unpaired) electrons. The molecule has 0 aliphatic rings. The molecule has 0 aromatic heterocycles. The first-order valence-corrected chi connectivity index (χ1v) is 6.41. The Morgan fingerprint density at radius 2 is 2.00 bits per heavy atom. The topological polar surface area (TPSA) is 91.7 Å². The highest BCUT2D eigenvalue weighted by Gasteiger charge is 2.21. The minimum atomic E-state index is -3.46. The summed E-state index contributed by atoms with van der Waals surface area (Å²) in [6.45, 7) is 0. The number of benzene rings is 1. The molecule has 0 fully saturated rings. The van der Waals surface area contributed by atoms with Gasteiger partial charge in [0.15, 0.2) is 15.9 Å². The van der Waals surface area contributed by atoms with E-state index in [1.165, 1.54) is 12.1 Å². The van der Waals surface area contributed by atoms with Crippen molar-refractivity contribution in [1.82, 2.24) is 0 Å². The van der Waals surface area contributed by atoms with E-state index in [0.717, 1.165) is 12.3 Å². The molecule has 1 unspecified atom stereocenters. The molecule has 0 saturated carbocycles. The van der Waals surface area contributed by atoms with Crippen molar-refractivity contribution in [3.63, 3.8) is 0 Å². The van der Waals surface area contributed by atoms with Crippen LogP contribution in [0.15, 0.2) is 23.1 Å². The van der Waals surface area contributed by atoms with Gasteiger partial charge in [-0.05, 0) is 18.2 Å². The Labute approximate surface area is 97.2 Å². The van der Waals surface area contributed by atoms with Crippen LogP contribution in [0.4, 0.5) is 0 Å². The molecule has 0 heterocycles. The minimum Gasteiger partial charge on any atom is -0.479 e. The van der Waals surface area contributed by atoms with Crippen molar-refractivity contribution >= 4 is 27.4 Å². The number of carboxylic acid groups (broad SMARTS) is 1. The van der Waals surface area contributed by atoms with Crippen LogP contribution < -0.4 is 0 Å². The molecule has 88 valence electrons. The highest BCUT2D eigenvalue weighted by Crippen LogP contribution is 2.26. The van der Waals surface area contributed by atoms with E-state index < -0.39 is 21.9 Å². The van der Waals surface area contributed by atoms with Gasteiger partial charge >= 0.3 is 5.97 Å². The SMILES string of the molecule is CS(=O)(=O)c1ccc(Cl)c(C(O)C(=O)O)c1. The van der Waals surface area contributed by atoms with E-state index in [0.29, 0.717) is 0 Å². The minimum absolute atomic E-state index is 0.00213. The van der Waals surface area contributed by atoms with E-state index in [9.17, 15) is 18.3 Å². The van der Waals surface area contributed by atoms with Crippen molar-refractivity contribution in [2.75, 3.05) is 6.26 Å². The molecule has 0 aliphatic heterocycles. The maximum absolute atomic E-state index is 11.2. The molecule has 0 bridgehead atoms. The molecule has 1 aromatic rings. The number of hydrogen-bond acceptors (Lipinski definition) is 4. The van der Waals surface area contributed by atoms with Crippen molar-refractivity contribution in [2.24, 2.45) is 0 Å². The zero-order chi connectivity index (χ0) is 12.5. The average molecular weight is 265 g/mol. The Kier molecular flexibility index (Phi) is 3.57. The fourth-order valence-corrected chi connectivity index (χ4v) is 1.97. The first-order valence-electron chi connectivity index (χ1n) is 4.14. The molecule has 0 aliphatic carbocycles. The summed E-state index contributed by atoms with van der Waals surface area (Å²) in [4.78, 5) is 10.5. The van der Waals surface area contributed by atoms with Crippen LogP contribution >= 0.6 is 11.6 Å². The molecule has 7 heteroatoms. The second-order valence-electron chi connectivity index (χ2n) is 3.20. The molecule has 0 amide bonds. The van der Waals surface area contributed by atoms with E-state index in [-0.39, 0.29) is 15.5 Å². The lowest BCUT2D eigenvalue weighted by Crippen LogP contribution is -2.12. The van der Waals surface area contributed by atoms with Crippen molar-refractivity contribution in [2.45, 2.75) is 11.0 Å². The maximum Gasteiger partial charge on any atom is 0.337 e. The third kappa shape index (κ3) is 2.72. The lowest BCUT2D eigenvalue weighted by atomic mass is 10.1. The van der Waals surface area contributed by atoms with Gasteiger partial charge in [0, 0.05) is 16.8 Å². The van der Waals surface area contributed by atoms with E-state index in [1.807, 2.05) is 0 Å². The van der Waals surface area contributed by atoms with Gasteiger partial charge in [0.25, 0.3) is 0 Å². The van der Waals surface area contributed by atoms with Crippen molar-refractivity contribution < 1.29 is 23.4 Å². The number of hydrogen-bond donors (Lipinski definition) is 2. The van der Waals surface area contributed by atoms with Gasteiger partial charge in [0.2, 0.25) is 0 Å². The van der Waals surface area contributed by atoms with Gasteiger partial charge in [-0.15, -0.1) is 0 Å². The standard InChI is InChI=1S/C9H9ClO5S/c1-16(14,15)5-2-3-7(10)6(4-5)8(11)9(12)13/h2-4,8,11H,1H3,(H,12,13). The second-order valence-corrected chi connectivity index (χ2v) is 5.62. The van der Waals surface area contributed by atoms with Gasteiger partial charge in [-0.1, -0.05) is 11.6 Å². The molecule has 16 heavy (non-hydrogen) atoms. The van der Waals surface area contributed by atoms with Crippen molar-refractivity contribution in [3.8, 4) is 0 Å². The Bertz CT molecular complexity index is 523. The van der Waals surface area contributed by atoms with Gasteiger partial charge in [-0.3, -0.25) is 0 Å². The summed E-state index contributed by atoms with van der Waals surface area (Å²) in [6.07, 6.45) is -0.859. The average Bonchev–Trinajstić information content (AvgIpc) is 2.15. The number of carbonyl (C=O) groups is 1. The Balaban J connectivity index is 3.35. The summed E-state index contributed by atoms with van der Waals surface area (Å²) >= 11 is 5.67. The van der Waals surface area contributed by atoms with Crippen molar-refractivity contribution in [1.29, 1.82) is 0 Å². The van der Waals surface area contributed by atoms with Gasteiger partial charge in [-0.25, -0.2) is 13.2 Å². The fraction of sp³-hybridized carbons (Fsp3) is 0.222. The molecule has 0 spiro atoms. The zero-order valence-corrected chi connectivity index (χ0v) is 9.79. The van der Waals surface area contributed by atoms with Crippen LogP contribution in [0.3, 0.4) is 0 Å². The normalized spacial score (nSPS) is 13.4. The van der Waals surface area contributed by atoms with E-state index >= 15 is 0 Å². The van der Waals surface area contributed by atoms with Gasteiger partial charge < -0.3 is 10.2 Å². The molecule has 0 saturated heterocycles. The first-order chi connectivity index (χ1) is 7.23. The molecule has 1 atom stereocenters. The number of sulfone groups is 1. The molecule has 1 aromatic carbocycles. The van der Waals surface area contributed by atoms with Crippen LogP contribution in [0, 0.1) is 0 Å². The van der Waals surface area contributed by atoms with Crippen LogP contribution in [0.2, 0.25) is 5.02 Å². The smallest absolute Gasteiger partial charge is 0.337 e. The number of halogens is 1. The quantitative estimate of drug-likeness (QED) is 0.845. The van der Waals surface area contributed by atoms with E-state index in [2.05, 4.69) is 0 Å².